The summed E-state index contributed by atoms with van der Waals surface area (Å²) in [7, 11) is -4.21. The molecule has 6 rings (SSSR count). The number of Topliss-reactive ketones (excluding diaryl/α,β-unsaturated/α-hetero) is 1. The fraction of sp³-hybridized carbons (Fsp3) is 0.179. The molecule has 2 aromatic heterocycles. The van der Waals surface area contributed by atoms with Gasteiger partial charge in [0.1, 0.15) is 22.2 Å². The third-order valence-corrected chi connectivity index (χ3v) is 9.12. The minimum Gasteiger partial charge on any atom is -0.291 e. The lowest BCUT2D eigenvalue weighted by Gasteiger charge is -2.44. The van der Waals surface area contributed by atoms with Gasteiger partial charge in [-0.15, -0.1) is 0 Å². The largest absolute Gasteiger partial charge is 0.291 e. The monoisotopic (exact) mass is 532 g/mol. The van der Waals surface area contributed by atoms with Crippen LogP contribution in [0.5, 0.6) is 0 Å². The number of benzene rings is 2. The highest BCUT2D eigenvalue weighted by Crippen LogP contribution is 2.47. The van der Waals surface area contributed by atoms with Gasteiger partial charge in [-0.3, -0.25) is 9.78 Å². The Hall–Kier alpha value is -4.02. The number of hydrogen-bond acceptors (Lipinski definition) is 5. The lowest BCUT2D eigenvalue weighted by Crippen LogP contribution is -2.53. The fourth-order valence-electron chi connectivity index (χ4n) is 5.34. The van der Waals surface area contributed by atoms with Gasteiger partial charge in [0.05, 0.1) is 23.0 Å². The molecule has 1 aliphatic heterocycles. The van der Waals surface area contributed by atoms with Crippen LogP contribution in [-0.4, -0.2) is 46.4 Å². The maximum atomic E-state index is 14.5. The molecule has 38 heavy (non-hydrogen) atoms. The molecule has 0 radical (unpaired) electrons. The van der Waals surface area contributed by atoms with E-state index in [-0.39, 0.29) is 43.2 Å². The number of carbonyl (C=O) groups excluding carboxylic acids is 1. The molecule has 10 heteroatoms. The number of aromatic nitrogens is 3. The molecule has 3 heterocycles. The van der Waals surface area contributed by atoms with Crippen molar-refractivity contribution in [3.05, 3.63) is 113 Å². The first-order valence-corrected chi connectivity index (χ1v) is 13.5. The molecule has 2 aliphatic rings. The zero-order valence-electron chi connectivity index (χ0n) is 20.1. The Morgan fingerprint density at radius 2 is 1.74 bits per heavy atom. The number of fused-ring (bicyclic) bond motifs is 2. The number of rotatable bonds is 5. The Labute approximate surface area is 218 Å². The van der Waals surface area contributed by atoms with Crippen molar-refractivity contribution < 1.29 is 22.0 Å². The first-order valence-electron chi connectivity index (χ1n) is 12.0. The minimum absolute atomic E-state index is 0.0831. The molecule has 192 valence electrons. The van der Waals surface area contributed by atoms with Gasteiger partial charge in [0.25, 0.3) is 0 Å². The Morgan fingerprint density at radius 3 is 2.47 bits per heavy atom. The summed E-state index contributed by atoms with van der Waals surface area (Å²) in [5.41, 5.74) is 1.89. The van der Waals surface area contributed by atoms with Crippen molar-refractivity contribution >= 4 is 21.9 Å². The summed E-state index contributed by atoms with van der Waals surface area (Å²) in [4.78, 5) is 17.9. The van der Waals surface area contributed by atoms with Gasteiger partial charge < -0.3 is 0 Å². The summed E-state index contributed by atoms with van der Waals surface area (Å²) in [6, 6.07) is 16.2. The molecule has 1 saturated heterocycles. The highest BCUT2D eigenvalue weighted by Gasteiger charge is 2.51. The third kappa shape index (κ3) is 3.88. The molecule has 1 atom stereocenters. The molecule has 0 amide bonds. The van der Waals surface area contributed by atoms with Gasteiger partial charge in [-0.25, -0.2) is 21.9 Å². The lowest BCUT2D eigenvalue weighted by molar-refractivity contribution is 0.0770. The van der Waals surface area contributed by atoms with Crippen LogP contribution in [0.1, 0.15) is 28.2 Å². The highest BCUT2D eigenvalue weighted by molar-refractivity contribution is 7.89. The molecule has 0 N–H and O–H groups in total. The lowest BCUT2D eigenvalue weighted by atomic mass is 9.65. The number of carbonyl (C=O) groups is 1. The van der Waals surface area contributed by atoms with E-state index >= 15 is 0 Å². The number of halogens is 2. The normalized spacial score (nSPS) is 19.4. The van der Waals surface area contributed by atoms with E-state index in [1.165, 1.54) is 40.8 Å². The summed E-state index contributed by atoms with van der Waals surface area (Å²) >= 11 is 0. The molecule has 4 aromatic rings. The predicted octanol–water partition coefficient (Wildman–Crippen LogP) is 4.45. The van der Waals surface area contributed by atoms with Gasteiger partial charge in [0.15, 0.2) is 5.78 Å². The zero-order valence-corrected chi connectivity index (χ0v) is 20.9. The Bertz CT molecular complexity index is 1680. The minimum atomic E-state index is -4.21. The standard InChI is InChI=1S/C28H22F2N4O3S/c29-21-8-10-22(11-9-21)34-25-15-20-12-14-33(38(36,37)26-7-2-1-5-23(26)30)18-28(20,16-19(25)17-32-34)27(35)24-6-3-4-13-31-24/h1-11,13,15,17H,12,14,16,18H2. The quantitative estimate of drug-likeness (QED) is 0.355. The molecule has 1 aliphatic carbocycles. The van der Waals surface area contributed by atoms with E-state index in [0.717, 1.165) is 22.9 Å². The predicted molar refractivity (Wildman–Crippen MR) is 136 cm³/mol. The molecule has 1 unspecified atom stereocenters. The van der Waals surface area contributed by atoms with Gasteiger partial charge in [0, 0.05) is 19.3 Å². The molecule has 0 bridgehead atoms. The van der Waals surface area contributed by atoms with Crippen molar-refractivity contribution in [1.29, 1.82) is 0 Å². The van der Waals surface area contributed by atoms with E-state index in [4.69, 9.17) is 0 Å². The Balaban J connectivity index is 1.46. The molecule has 7 nitrogen and oxygen atoms in total. The van der Waals surface area contributed by atoms with Crippen molar-refractivity contribution in [3.8, 4) is 5.69 Å². The number of piperidine rings is 1. The summed E-state index contributed by atoms with van der Waals surface area (Å²) in [6.45, 7) is -0.0775. The summed E-state index contributed by atoms with van der Waals surface area (Å²) in [5.74, 6) is -1.51. The van der Waals surface area contributed by atoms with Gasteiger partial charge in [0.2, 0.25) is 10.0 Å². The van der Waals surface area contributed by atoms with Gasteiger partial charge in [-0.05, 0) is 73.0 Å². The number of ketones is 1. The van der Waals surface area contributed by atoms with Crippen LogP contribution < -0.4 is 0 Å². The van der Waals surface area contributed by atoms with E-state index in [1.54, 1.807) is 41.2 Å². The topological polar surface area (TPSA) is 85.2 Å². The third-order valence-electron chi connectivity index (χ3n) is 7.24. The van der Waals surface area contributed by atoms with Crippen LogP contribution in [0.3, 0.4) is 0 Å². The van der Waals surface area contributed by atoms with Crippen molar-refractivity contribution in [2.24, 2.45) is 5.41 Å². The van der Waals surface area contributed by atoms with Crippen LogP contribution in [0.2, 0.25) is 0 Å². The molecule has 1 fully saturated rings. The Morgan fingerprint density at radius 1 is 0.974 bits per heavy atom. The van der Waals surface area contributed by atoms with Gasteiger partial charge in [-0.1, -0.05) is 23.8 Å². The maximum Gasteiger partial charge on any atom is 0.246 e. The van der Waals surface area contributed by atoms with E-state index in [2.05, 4.69) is 10.1 Å². The van der Waals surface area contributed by atoms with E-state index in [9.17, 15) is 22.0 Å². The van der Waals surface area contributed by atoms with Crippen molar-refractivity contribution in [2.45, 2.75) is 17.7 Å². The van der Waals surface area contributed by atoms with Crippen LogP contribution in [0, 0.1) is 17.0 Å². The van der Waals surface area contributed by atoms with Crippen molar-refractivity contribution in [1.82, 2.24) is 19.1 Å². The fourth-order valence-corrected chi connectivity index (χ4v) is 6.91. The molecule has 2 aromatic carbocycles. The van der Waals surface area contributed by atoms with Gasteiger partial charge in [-0.2, -0.15) is 9.40 Å². The average Bonchev–Trinajstić information content (AvgIpc) is 3.34. The second-order valence-corrected chi connectivity index (χ2v) is 11.3. The first kappa shape index (κ1) is 24.3. The summed E-state index contributed by atoms with van der Waals surface area (Å²) < 4.78 is 58.0. The van der Waals surface area contributed by atoms with E-state index < -0.39 is 26.2 Å². The summed E-state index contributed by atoms with van der Waals surface area (Å²) in [5, 5.41) is 4.49. The van der Waals surface area contributed by atoms with Crippen molar-refractivity contribution in [2.75, 3.05) is 13.1 Å². The highest BCUT2D eigenvalue weighted by atomic mass is 32.2. The van der Waals surface area contributed by atoms with Crippen LogP contribution in [0.25, 0.3) is 11.8 Å². The number of sulfonamides is 1. The first-order chi connectivity index (χ1) is 18.3. The van der Waals surface area contributed by atoms with Crippen LogP contribution in [-0.2, 0) is 16.4 Å². The van der Waals surface area contributed by atoms with E-state index in [1.807, 2.05) is 6.08 Å². The molecule has 0 saturated carbocycles. The second kappa shape index (κ2) is 9.07. The SMILES string of the molecule is O=C(c1ccccn1)C12Cc3cnn(-c4ccc(F)cc4)c3C=C1CCN(S(=O)(=O)c1ccccc1F)C2. The number of pyridine rings is 1. The smallest absolute Gasteiger partial charge is 0.246 e. The Kier molecular flexibility index (Phi) is 5.81. The van der Waals surface area contributed by atoms with Crippen molar-refractivity contribution in [3.63, 3.8) is 0 Å². The number of hydrogen-bond donors (Lipinski definition) is 0. The van der Waals surface area contributed by atoms with Crippen LogP contribution in [0.15, 0.2) is 89.6 Å². The van der Waals surface area contributed by atoms with Gasteiger partial charge >= 0.3 is 0 Å². The molecular formula is C28H22F2N4O3S. The molecule has 0 spiro atoms. The van der Waals surface area contributed by atoms with Crippen LogP contribution in [0.4, 0.5) is 8.78 Å². The molecular weight excluding hydrogens is 510 g/mol. The summed E-state index contributed by atoms with van der Waals surface area (Å²) in [6.07, 6.45) is 5.49. The second-order valence-electron chi connectivity index (χ2n) is 9.43. The average molecular weight is 533 g/mol. The zero-order chi connectivity index (χ0) is 26.5. The van der Waals surface area contributed by atoms with E-state index in [0.29, 0.717) is 5.69 Å². The number of nitrogens with zero attached hydrogens (tertiary/aromatic N) is 4. The maximum absolute atomic E-state index is 14.5. The van der Waals surface area contributed by atoms with Crippen LogP contribution >= 0.6 is 0 Å².